The number of ether oxygens (including phenoxy) is 6. The Labute approximate surface area is 556 Å². The van der Waals surface area contributed by atoms with E-state index in [1.165, 1.54) is 231 Å². The molecule has 0 aromatic rings. The number of hydrogen-bond donors (Lipinski definition) is 12. The minimum Gasteiger partial charge on any atom is -0.394 e. The zero-order valence-corrected chi connectivity index (χ0v) is 57.5. The molecule has 0 spiro atoms. The lowest BCUT2D eigenvalue weighted by Gasteiger charge is -2.48. The Morgan fingerprint density at radius 3 is 1.05 bits per heavy atom. The normalized spacial score (nSPS) is 27.8. The van der Waals surface area contributed by atoms with Crippen molar-refractivity contribution in [1.82, 2.24) is 5.32 Å². The van der Waals surface area contributed by atoms with Crippen LogP contribution in [0.25, 0.3) is 0 Å². The van der Waals surface area contributed by atoms with Crippen LogP contribution in [0.5, 0.6) is 0 Å². The summed E-state index contributed by atoms with van der Waals surface area (Å²) in [5.41, 5.74) is 0. The van der Waals surface area contributed by atoms with Crippen molar-refractivity contribution in [2.45, 2.75) is 407 Å². The predicted octanol–water partition coefficient (Wildman–Crippen LogP) is 11.0. The fourth-order valence-corrected chi connectivity index (χ4v) is 12.9. The molecule has 542 valence electrons. The van der Waals surface area contributed by atoms with Gasteiger partial charge in [-0.3, -0.25) is 4.79 Å². The third-order valence-electron chi connectivity index (χ3n) is 19.0. The number of rotatable bonds is 59. The highest BCUT2D eigenvalue weighted by molar-refractivity contribution is 5.76. The van der Waals surface area contributed by atoms with Gasteiger partial charge >= 0.3 is 0 Å². The van der Waals surface area contributed by atoms with Crippen LogP contribution >= 0.6 is 0 Å². The minimum atomic E-state index is -1.98. The topological polar surface area (TPSA) is 307 Å². The molecule has 3 heterocycles. The highest BCUT2D eigenvalue weighted by Gasteiger charge is 2.53. The zero-order chi connectivity index (χ0) is 66.8. The van der Waals surface area contributed by atoms with E-state index in [9.17, 15) is 61.0 Å². The molecule has 17 atom stereocenters. The molecule has 12 N–H and O–H groups in total. The van der Waals surface area contributed by atoms with Gasteiger partial charge in [0.25, 0.3) is 0 Å². The summed E-state index contributed by atoms with van der Waals surface area (Å²) in [6.45, 7) is 1.78. The number of aliphatic hydroxyl groups excluding tert-OH is 11. The van der Waals surface area contributed by atoms with Gasteiger partial charge in [0.1, 0.15) is 73.2 Å². The van der Waals surface area contributed by atoms with E-state index in [0.717, 1.165) is 44.9 Å². The smallest absolute Gasteiger partial charge is 0.220 e. The van der Waals surface area contributed by atoms with Gasteiger partial charge in [-0.2, -0.15) is 0 Å². The third-order valence-corrected chi connectivity index (χ3v) is 19.0. The Balaban J connectivity index is 1.40. The number of carbonyl (C=O) groups excluding carboxylic acids is 1. The van der Waals surface area contributed by atoms with Gasteiger partial charge < -0.3 is 89.9 Å². The molecule has 92 heavy (non-hydrogen) atoms. The first-order valence-electron chi connectivity index (χ1n) is 37.6. The summed E-state index contributed by atoms with van der Waals surface area (Å²) in [7, 11) is 0. The van der Waals surface area contributed by atoms with Crippen LogP contribution < -0.4 is 5.32 Å². The van der Waals surface area contributed by atoms with Crippen molar-refractivity contribution >= 4 is 5.91 Å². The molecule has 0 radical (unpaired) electrons. The first kappa shape index (κ1) is 84.5. The summed E-state index contributed by atoms with van der Waals surface area (Å²) < 4.78 is 34.4. The summed E-state index contributed by atoms with van der Waals surface area (Å²) in [6.07, 6.45) is 37.2. The van der Waals surface area contributed by atoms with Gasteiger partial charge in [0.15, 0.2) is 18.9 Å². The van der Waals surface area contributed by atoms with Gasteiger partial charge in [-0.05, 0) is 44.9 Å². The van der Waals surface area contributed by atoms with Gasteiger partial charge in [0.05, 0.1) is 38.6 Å². The molecule has 0 saturated carbocycles. The molecule has 3 aliphatic heterocycles. The maximum absolute atomic E-state index is 13.4. The third kappa shape index (κ3) is 36.2. The van der Waals surface area contributed by atoms with Crippen molar-refractivity contribution < 1.29 is 89.4 Å². The molecule has 19 heteroatoms. The number of allylic oxidation sites excluding steroid dienone is 3. The maximum atomic E-state index is 13.4. The fourth-order valence-electron chi connectivity index (χ4n) is 12.9. The van der Waals surface area contributed by atoms with Gasteiger partial charge in [0, 0.05) is 6.42 Å². The highest BCUT2D eigenvalue weighted by atomic mass is 16.8. The molecule has 3 saturated heterocycles. The molecule has 0 aliphatic carbocycles. The first-order chi connectivity index (χ1) is 44.8. The monoisotopic (exact) mass is 1320 g/mol. The second kappa shape index (κ2) is 55.2. The molecule has 3 rings (SSSR count). The van der Waals surface area contributed by atoms with Crippen molar-refractivity contribution in [2.24, 2.45) is 0 Å². The van der Waals surface area contributed by atoms with E-state index in [-0.39, 0.29) is 18.9 Å². The highest BCUT2D eigenvalue weighted by Crippen LogP contribution is 2.33. The van der Waals surface area contributed by atoms with Crippen LogP contribution in [0.4, 0.5) is 0 Å². The van der Waals surface area contributed by atoms with Crippen LogP contribution in [0.15, 0.2) is 24.3 Å². The van der Waals surface area contributed by atoms with Crippen molar-refractivity contribution in [3.63, 3.8) is 0 Å². The van der Waals surface area contributed by atoms with E-state index in [4.69, 9.17) is 28.4 Å². The van der Waals surface area contributed by atoms with Crippen LogP contribution in [0.2, 0.25) is 0 Å². The lowest BCUT2D eigenvalue weighted by Crippen LogP contribution is -2.66. The van der Waals surface area contributed by atoms with Crippen LogP contribution in [0.3, 0.4) is 0 Å². The molecule has 0 aromatic carbocycles. The Bertz CT molecular complexity index is 1760. The number of amides is 1. The first-order valence-corrected chi connectivity index (χ1v) is 37.6. The summed E-state index contributed by atoms with van der Waals surface area (Å²) in [5.74, 6) is -0.270. The fraction of sp³-hybridized carbons (Fsp3) is 0.932. The largest absolute Gasteiger partial charge is 0.394 e. The van der Waals surface area contributed by atoms with Crippen molar-refractivity contribution in [1.29, 1.82) is 0 Å². The Kier molecular flexibility index (Phi) is 50.7. The number of nitrogens with one attached hydrogen (secondary N) is 1. The molecule has 3 fully saturated rings. The predicted molar refractivity (Wildman–Crippen MR) is 360 cm³/mol. The Morgan fingerprint density at radius 2 is 0.685 bits per heavy atom. The molecule has 17 unspecified atom stereocenters. The number of aliphatic hydroxyl groups is 11. The minimum absolute atomic E-state index is 0.247. The van der Waals surface area contributed by atoms with Gasteiger partial charge in [-0.25, -0.2) is 0 Å². The van der Waals surface area contributed by atoms with Gasteiger partial charge in [-0.15, -0.1) is 0 Å². The van der Waals surface area contributed by atoms with E-state index < -0.39 is 124 Å². The van der Waals surface area contributed by atoms with Crippen LogP contribution in [-0.2, 0) is 33.2 Å². The van der Waals surface area contributed by atoms with Crippen molar-refractivity contribution in [2.75, 3.05) is 26.4 Å². The Hall–Kier alpha value is -1.73. The second-order valence-corrected chi connectivity index (χ2v) is 27.1. The summed E-state index contributed by atoms with van der Waals surface area (Å²) >= 11 is 0. The van der Waals surface area contributed by atoms with Crippen LogP contribution in [0.1, 0.15) is 303 Å². The molecule has 3 aliphatic rings. The Morgan fingerprint density at radius 1 is 0.380 bits per heavy atom. The molecule has 0 bridgehead atoms. The maximum Gasteiger partial charge on any atom is 0.220 e. The SMILES string of the molecule is CCCCCCCCCC/C=C\CCCCCCCCCCCCCCCCCC(=O)NC(COC1OC(CO)C(OC2OC(CO)C(OC3OC(CO)C(O)C(O)C3O)C(O)C2O)C(O)C1O)C(O)/C=C/CCCCCCCCCCCCCCCCCCCC. The average Bonchev–Trinajstić information content (AvgIpc) is 0.854. The van der Waals surface area contributed by atoms with Crippen molar-refractivity contribution in [3.8, 4) is 0 Å². The number of carbonyl (C=O) groups is 1. The molecular formula is C73H137NO18. The average molecular weight is 1320 g/mol. The second-order valence-electron chi connectivity index (χ2n) is 27.1. The molecule has 19 nitrogen and oxygen atoms in total. The summed E-state index contributed by atoms with van der Waals surface area (Å²) in [6, 6.07) is -0.971. The number of unbranched alkanes of at least 4 members (excludes halogenated alkanes) is 41. The lowest BCUT2D eigenvalue weighted by molar-refractivity contribution is -0.379. The van der Waals surface area contributed by atoms with Gasteiger partial charge in [0.2, 0.25) is 5.91 Å². The van der Waals surface area contributed by atoms with Gasteiger partial charge in [-0.1, -0.05) is 276 Å². The van der Waals surface area contributed by atoms with E-state index in [1.54, 1.807) is 6.08 Å². The van der Waals surface area contributed by atoms with E-state index in [0.29, 0.717) is 6.42 Å². The van der Waals surface area contributed by atoms with Crippen LogP contribution in [0, 0.1) is 0 Å². The van der Waals surface area contributed by atoms with E-state index in [1.807, 2.05) is 6.08 Å². The summed E-state index contributed by atoms with van der Waals surface area (Å²) in [5, 5.41) is 121. The van der Waals surface area contributed by atoms with E-state index >= 15 is 0 Å². The van der Waals surface area contributed by atoms with E-state index in [2.05, 4.69) is 31.3 Å². The lowest BCUT2D eigenvalue weighted by atomic mass is 9.96. The molecular weight excluding hydrogens is 1180 g/mol. The van der Waals surface area contributed by atoms with Crippen molar-refractivity contribution in [3.05, 3.63) is 24.3 Å². The molecule has 0 aromatic heterocycles. The molecule has 1 amide bonds. The quantitative estimate of drug-likeness (QED) is 0.0199. The summed E-state index contributed by atoms with van der Waals surface area (Å²) in [4.78, 5) is 13.4. The number of hydrogen-bond acceptors (Lipinski definition) is 18. The van der Waals surface area contributed by atoms with Crippen LogP contribution in [-0.4, -0.2) is 193 Å². The standard InChI is InChI=1S/C73H137NO18/c1-3-5-7-9-11-13-15-17-19-21-23-25-26-27-28-29-30-31-33-35-37-39-41-43-45-47-49-51-61(79)74-56(57(78)50-48-46-44-42-40-38-36-34-32-24-22-20-18-16-14-12-10-8-6-4-2)55-87-71-67(85)64(82)69(59(53-76)89-71)92-73-68(86)65(83)70(60(54-77)90-73)91-72-66(84)63(81)62(80)58(52-75)88-72/h21,23,48,50,56-60,62-73,75-78,80-86H,3-20,22,24-47,49,51-55H2,1-2H3,(H,74,79)/b23-21-,50-48+. The zero-order valence-electron chi connectivity index (χ0n) is 57.5.